The lowest BCUT2D eigenvalue weighted by Crippen LogP contribution is -2.26. The van der Waals surface area contributed by atoms with Crippen molar-refractivity contribution in [2.75, 3.05) is 13.1 Å². The summed E-state index contributed by atoms with van der Waals surface area (Å²) in [7, 11) is 0. The Balaban J connectivity index is 2.15. The first-order valence-corrected chi connectivity index (χ1v) is 6.19. The largest absolute Gasteiger partial charge is 0.434 e. The van der Waals surface area contributed by atoms with Crippen molar-refractivity contribution in [3.8, 4) is 0 Å². The molecular weight excluding hydrogens is 251 g/mol. The number of alkyl halides is 3. The van der Waals surface area contributed by atoms with Crippen molar-refractivity contribution in [3.05, 3.63) is 15.6 Å². The second-order valence-corrected chi connectivity index (χ2v) is 5.57. The fourth-order valence-electron chi connectivity index (χ4n) is 2.01. The number of nitrogens with zero attached hydrogens (tertiary/aromatic N) is 2. The first-order chi connectivity index (χ1) is 7.86. The summed E-state index contributed by atoms with van der Waals surface area (Å²) in [6, 6.07) is 0.0818. The zero-order valence-corrected chi connectivity index (χ0v) is 10.2. The maximum absolute atomic E-state index is 12.7. The summed E-state index contributed by atoms with van der Waals surface area (Å²) in [5.41, 5.74) is 5.00. The summed E-state index contributed by atoms with van der Waals surface area (Å²) in [5, 5.41) is 0.454. The van der Waals surface area contributed by atoms with Gasteiger partial charge in [-0.2, -0.15) is 13.2 Å². The molecule has 1 aromatic heterocycles. The third-order valence-electron chi connectivity index (χ3n) is 2.75. The van der Waals surface area contributed by atoms with Gasteiger partial charge in [-0.05, 0) is 13.3 Å². The summed E-state index contributed by atoms with van der Waals surface area (Å²) < 4.78 is 38.1. The Kier molecular flexibility index (Phi) is 3.42. The number of halogens is 3. The molecule has 0 saturated carbocycles. The van der Waals surface area contributed by atoms with Gasteiger partial charge in [0.1, 0.15) is 0 Å². The van der Waals surface area contributed by atoms with Gasteiger partial charge < -0.3 is 5.73 Å². The van der Waals surface area contributed by atoms with E-state index in [4.69, 9.17) is 5.73 Å². The molecule has 3 nitrogen and oxygen atoms in total. The van der Waals surface area contributed by atoms with Crippen LogP contribution in [0.4, 0.5) is 13.2 Å². The number of aromatic nitrogens is 1. The average molecular weight is 265 g/mol. The van der Waals surface area contributed by atoms with Crippen molar-refractivity contribution in [1.82, 2.24) is 9.88 Å². The van der Waals surface area contributed by atoms with Crippen molar-refractivity contribution in [1.29, 1.82) is 0 Å². The van der Waals surface area contributed by atoms with Gasteiger partial charge in [-0.3, -0.25) is 4.90 Å². The molecule has 0 aromatic carbocycles. The van der Waals surface area contributed by atoms with Gasteiger partial charge in [-0.1, -0.05) is 0 Å². The number of likely N-dealkylation sites (tertiary alicyclic amines) is 1. The molecule has 96 valence electrons. The van der Waals surface area contributed by atoms with E-state index in [-0.39, 0.29) is 6.04 Å². The molecule has 17 heavy (non-hydrogen) atoms. The zero-order chi connectivity index (χ0) is 12.6. The van der Waals surface area contributed by atoms with Crippen molar-refractivity contribution in [3.63, 3.8) is 0 Å². The van der Waals surface area contributed by atoms with Crippen LogP contribution in [0.5, 0.6) is 0 Å². The van der Waals surface area contributed by atoms with Gasteiger partial charge in [0.25, 0.3) is 0 Å². The van der Waals surface area contributed by atoms with E-state index in [0.717, 1.165) is 24.3 Å². The van der Waals surface area contributed by atoms with Crippen LogP contribution in [0.15, 0.2) is 0 Å². The first kappa shape index (κ1) is 12.8. The molecule has 1 fully saturated rings. The highest BCUT2D eigenvalue weighted by Gasteiger charge is 2.37. The number of aryl methyl sites for hydroxylation is 1. The van der Waals surface area contributed by atoms with E-state index in [2.05, 4.69) is 4.98 Å². The molecular formula is C10H14F3N3S. The van der Waals surface area contributed by atoms with Gasteiger partial charge in [-0.15, -0.1) is 11.3 Å². The SMILES string of the molecule is Cc1nc(C(F)(F)F)c(CN2CC[C@H](N)C2)s1. The van der Waals surface area contributed by atoms with E-state index in [9.17, 15) is 13.2 Å². The second-order valence-electron chi connectivity index (χ2n) is 4.29. The third kappa shape index (κ3) is 2.97. The Bertz CT molecular complexity index is 402. The van der Waals surface area contributed by atoms with Crippen molar-refractivity contribution < 1.29 is 13.2 Å². The number of nitrogens with two attached hydrogens (primary N) is 1. The molecule has 2 N–H and O–H groups in total. The standard InChI is InChI=1S/C10H14F3N3S/c1-6-15-9(10(11,12)13)8(17-6)5-16-3-2-7(14)4-16/h7H,2-5,14H2,1H3/t7-/m0/s1. The number of rotatable bonds is 2. The molecule has 0 aliphatic carbocycles. The van der Waals surface area contributed by atoms with Crippen LogP contribution in [-0.2, 0) is 12.7 Å². The van der Waals surface area contributed by atoms with Crippen LogP contribution in [0.25, 0.3) is 0 Å². The Morgan fingerprint density at radius 1 is 1.53 bits per heavy atom. The lowest BCUT2D eigenvalue weighted by atomic mass is 10.3. The van der Waals surface area contributed by atoms with Crippen LogP contribution in [0.3, 0.4) is 0 Å². The van der Waals surface area contributed by atoms with Gasteiger partial charge in [0.15, 0.2) is 5.69 Å². The lowest BCUT2D eigenvalue weighted by Gasteiger charge is -2.15. The first-order valence-electron chi connectivity index (χ1n) is 5.37. The van der Waals surface area contributed by atoms with Gasteiger partial charge in [0, 0.05) is 25.7 Å². The molecule has 2 rings (SSSR count). The van der Waals surface area contributed by atoms with Gasteiger partial charge in [-0.25, -0.2) is 4.98 Å². The van der Waals surface area contributed by atoms with E-state index in [1.807, 2.05) is 4.90 Å². The van der Waals surface area contributed by atoms with Gasteiger partial charge in [0.2, 0.25) is 0 Å². The van der Waals surface area contributed by atoms with E-state index in [0.29, 0.717) is 23.0 Å². The van der Waals surface area contributed by atoms with Crippen molar-refractivity contribution >= 4 is 11.3 Å². The minimum atomic E-state index is -4.36. The molecule has 0 spiro atoms. The Hall–Kier alpha value is -0.660. The molecule has 1 saturated heterocycles. The smallest absolute Gasteiger partial charge is 0.326 e. The summed E-state index contributed by atoms with van der Waals surface area (Å²) in [4.78, 5) is 5.83. The topological polar surface area (TPSA) is 42.2 Å². The quantitative estimate of drug-likeness (QED) is 0.889. The van der Waals surface area contributed by atoms with Crippen LogP contribution >= 0.6 is 11.3 Å². The number of hydrogen-bond acceptors (Lipinski definition) is 4. The molecule has 1 aliphatic heterocycles. The lowest BCUT2D eigenvalue weighted by molar-refractivity contribution is -0.141. The van der Waals surface area contributed by atoms with Crippen LogP contribution in [0.1, 0.15) is 22.0 Å². The minimum absolute atomic E-state index is 0.0818. The summed E-state index contributed by atoms with van der Waals surface area (Å²) in [6.45, 7) is 3.32. The average Bonchev–Trinajstić information content (AvgIpc) is 2.72. The van der Waals surface area contributed by atoms with E-state index in [1.54, 1.807) is 6.92 Å². The molecule has 1 aliphatic rings. The number of hydrogen-bond donors (Lipinski definition) is 1. The molecule has 1 aromatic rings. The van der Waals surface area contributed by atoms with E-state index < -0.39 is 11.9 Å². The molecule has 0 radical (unpaired) electrons. The maximum Gasteiger partial charge on any atom is 0.434 e. The minimum Gasteiger partial charge on any atom is -0.326 e. The molecule has 0 unspecified atom stereocenters. The van der Waals surface area contributed by atoms with E-state index in [1.165, 1.54) is 0 Å². The Labute approximate surface area is 101 Å². The fraction of sp³-hybridized carbons (Fsp3) is 0.700. The monoisotopic (exact) mass is 265 g/mol. The summed E-state index contributed by atoms with van der Waals surface area (Å²) in [5.74, 6) is 0. The van der Waals surface area contributed by atoms with Crippen molar-refractivity contribution in [2.45, 2.75) is 32.1 Å². The predicted octanol–water partition coefficient (Wildman–Crippen LogP) is 2.00. The molecule has 7 heteroatoms. The molecule has 1 atom stereocenters. The van der Waals surface area contributed by atoms with Crippen LogP contribution in [0.2, 0.25) is 0 Å². The van der Waals surface area contributed by atoms with Crippen LogP contribution in [0, 0.1) is 6.92 Å². The van der Waals surface area contributed by atoms with Crippen LogP contribution in [-0.4, -0.2) is 29.0 Å². The highest BCUT2D eigenvalue weighted by atomic mass is 32.1. The highest BCUT2D eigenvalue weighted by molar-refractivity contribution is 7.11. The van der Waals surface area contributed by atoms with Crippen molar-refractivity contribution in [2.24, 2.45) is 5.73 Å². The number of thiazole rings is 1. The van der Waals surface area contributed by atoms with Gasteiger partial charge >= 0.3 is 6.18 Å². The second kappa shape index (κ2) is 4.55. The van der Waals surface area contributed by atoms with Gasteiger partial charge in [0.05, 0.1) is 9.88 Å². The zero-order valence-electron chi connectivity index (χ0n) is 9.42. The third-order valence-corrected chi connectivity index (χ3v) is 3.70. The Morgan fingerprint density at radius 2 is 2.24 bits per heavy atom. The summed E-state index contributed by atoms with van der Waals surface area (Å²) in [6.07, 6.45) is -3.51. The maximum atomic E-state index is 12.7. The van der Waals surface area contributed by atoms with Crippen LogP contribution < -0.4 is 5.73 Å². The fourth-order valence-corrected chi connectivity index (χ4v) is 3.01. The predicted molar refractivity (Wildman–Crippen MR) is 59.7 cm³/mol. The highest BCUT2D eigenvalue weighted by Crippen LogP contribution is 2.35. The summed E-state index contributed by atoms with van der Waals surface area (Å²) >= 11 is 1.12. The van der Waals surface area contributed by atoms with E-state index >= 15 is 0 Å². The molecule has 0 amide bonds. The Morgan fingerprint density at radius 3 is 2.76 bits per heavy atom. The normalized spacial score (nSPS) is 22.3. The molecule has 2 heterocycles. The molecule has 0 bridgehead atoms.